The number of amides is 2. The third-order valence-corrected chi connectivity index (χ3v) is 4.51. The highest BCUT2D eigenvalue weighted by atomic mass is 35.5. The van der Waals surface area contributed by atoms with Crippen LogP contribution in [-0.2, 0) is 0 Å². The number of nitrogens with zero attached hydrogens (tertiary/aromatic N) is 2. The molecule has 24 heavy (non-hydrogen) atoms. The third-order valence-electron chi connectivity index (χ3n) is 3.97. The van der Waals surface area contributed by atoms with E-state index >= 15 is 0 Å². The molecule has 0 spiro atoms. The Morgan fingerprint density at radius 2 is 1.58 bits per heavy atom. The number of benzene rings is 1. The average Bonchev–Trinajstić information content (AvgIpc) is 3.00. The minimum atomic E-state index is -0.155. The predicted octanol–water partition coefficient (Wildman–Crippen LogP) is 3.49. The van der Waals surface area contributed by atoms with Crippen molar-refractivity contribution < 1.29 is 14.0 Å². The van der Waals surface area contributed by atoms with E-state index in [-0.39, 0.29) is 11.8 Å². The van der Waals surface area contributed by atoms with Gasteiger partial charge in [-0.15, -0.1) is 0 Å². The normalized spacial score (nSPS) is 14.8. The number of piperazine rings is 1. The second-order valence-corrected chi connectivity index (χ2v) is 6.46. The Hall–Kier alpha value is -1.98. The maximum Gasteiger partial charge on any atom is 0.289 e. The van der Waals surface area contributed by atoms with Crippen LogP contribution in [0.25, 0.3) is 0 Å². The Bertz CT molecular complexity index is 780. The van der Waals surface area contributed by atoms with Crippen LogP contribution >= 0.6 is 23.2 Å². The first-order valence-corrected chi connectivity index (χ1v) is 8.31. The Morgan fingerprint density at radius 3 is 2.12 bits per heavy atom. The van der Waals surface area contributed by atoms with E-state index in [0.717, 1.165) is 0 Å². The molecule has 2 heterocycles. The van der Waals surface area contributed by atoms with Gasteiger partial charge in [0.25, 0.3) is 11.8 Å². The van der Waals surface area contributed by atoms with Crippen LogP contribution in [0.1, 0.15) is 26.7 Å². The fourth-order valence-electron chi connectivity index (χ4n) is 2.65. The summed E-state index contributed by atoms with van der Waals surface area (Å²) in [6.07, 6.45) is 0. The van der Waals surface area contributed by atoms with Gasteiger partial charge in [0.15, 0.2) is 5.76 Å². The zero-order valence-corrected chi connectivity index (χ0v) is 14.6. The molecule has 2 amide bonds. The first kappa shape index (κ1) is 16.9. The summed E-state index contributed by atoms with van der Waals surface area (Å²) < 4.78 is 5.37. The lowest BCUT2D eigenvalue weighted by Crippen LogP contribution is -2.50. The highest BCUT2D eigenvalue weighted by Gasteiger charge is 2.27. The first-order chi connectivity index (χ1) is 11.5. The van der Waals surface area contributed by atoms with Crippen molar-refractivity contribution in [2.45, 2.75) is 6.92 Å². The molecule has 1 aliphatic heterocycles. The number of rotatable bonds is 2. The molecule has 1 aromatic carbocycles. The SMILES string of the molecule is Cc1ccc(C(=O)N2CCN(C(=O)c3ccc(Cl)cc3Cl)CC2)o1. The average molecular weight is 367 g/mol. The lowest BCUT2D eigenvalue weighted by atomic mass is 10.1. The lowest BCUT2D eigenvalue weighted by molar-refractivity contribution is 0.0517. The maximum atomic E-state index is 12.6. The molecule has 0 atom stereocenters. The van der Waals surface area contributed by atoms with Crippen LogP contribution in [0.5, 0.6) is 0 Å². The van der Waals surface area contributed by atoms with Crippen LogP contribution in [-0.4, -0.2) is 47.8 Å². The fraction of sp³-hybridized carbons (Fsp3) is 0.294. The Balaban J connectivity index is 1.64. The molecule has 5 nitrogen and oxygen atoms in total. The molecule has 7 heteroatoms. The van der Waals surface area contributed by atoms with Gasteiger partial charge in [0.2, 0.25) is 0 Å². The predicted molar refractivity (Wildman–Crippen MR) is 91.7 cm³/mol. The standard InChI is InChI=1S/C17H16Cl2N2O3/c1-11-2-5-15(24-11)17(23)21-8-6-20(7-9-21)16(22)13-4-3-12(18)10-14(13)19/h2-5,10H,6-9H2,1H3. The van der Waals surface area contributed by atoms with Gasteiger partial charge in [-0.2, -0.15) is 0 Å². The van der Waals surface area contributed by atoms with Crippen LogP contribution in [0.2, 0.25) is 10.0 Å². The molecular formula is C17H16Cl2N2O3. The van der Waals surface area contributed by atoms with Gasteiger partial charge in [0.1, 0.15) is 5.76 Å². The van der Waals surface area contributed by atoms with E-state index in [1.165, 1.54) is 0 Å². The number of hydrogen-bond donors (Lipinski definition) is 0. The minimum absolute atomic E-state index is 0.153. The molecule has 3 rings (SSSR count). The second kappa shape index (κ2) is 6.87. The van der Waals surface area contributed by atoms with E-state index in [2.05, 4.69) is 0 Å². The zero-order chi connectivity index (χ0) is 17.3. The monoisotopic (exact) mass is 366 g/mol. The van der Waals surface area contributed by atoms with E-state index in [1.807, 2.05) is 0 Å². The molecule has 0 saturated carbocycles. The smallest absolute Gasteiger partial charge is 0.289 e. The first-order valence-electron chi connectivity index (χ1n) is 7.56. The molecular weight excluding hydrogens is 351 g/mol. The van der Waals surface area contributed by atoms with Crippen molar-refractivity contribution in [2.24, 2.45) is 0 Å². The number of furan rings is 1. The Labute approximate surface area is 149 Å². The highest BCUT2D eigenvalue weighted by molar-refractivity contribution is 6.36. The fourth-order valence-corrected chi connectivity index (χ4v) is 3.14. The van der Waals surface area contributed by atoms with Crippen LogP contribution in [0.4, 0.5) is 0 Å². The van der Waals surface area contributed by atoms with Crippen LogP contribution in [0.15, 0.2) is 34.7 Å². The summed E-state index contributed by atoms with van der Waals surface area (Å²) in [6, 6.07) is 8.24. The quantitative estimate of drug-likeness (QED) is 0.817. The minimum Gasteiger partial charge on any atom is -0.456 e. The Kier molecular flexibility index (Phi) is 4.83. The second-order valence-electron chi connectivity index (χ2n) is 5.62. The van der Waals surface area contributed by atoms with Crippen molar-refractivity contribution >= 4 is 35.0 Å². The molecule has 1 saturated heterocycles. The van der Waals surface area contributed by atoms with E-state index in [4.69, 9.17) is 27.6 Å². The van der Waals surface area contributed by atoms with Crippen LogP contribution in [0.3, 0.4) is 0 Å². The van der Waals surface area contributed by atoms with Gasteiger partial charge < -0.3 is 14.2 Å². The lowest BCUT2D eigenvalue weighted by Gasteiger charge is -2.34. The zero-order valence-electron chi connectivity index (χ0n) is 13.1. The largest absolute Gasteiger partial charge is 0.456 e. The van der Waals surface area contributed by atoms with E-state index in [0.29, 0.717) is 53.3 Å². The molecule has 1 aromatic heterocycles. The summed E-state index contributed by atoms with van der Waals surface area (Å²) >= 11 is 12.0. The van der Waals surface area contributed by atoms with E-state index in [1.54, 1.807) is 47.1 Å². The van der Waals surface area contributed by atoms with E-state index < -0.39 is 0 Å². The number of hydrogen-bond acceptors (Lipinski definition) is 3. The van der Waals surface area contributed by atoms with Crippen molar-refractivity contribution in [1.82, 2.24) is 9.80 Å². The van der Waals surface area contributed by atoms with Crippen molar-refractivity contribution in [3.05, 3.63) is 57.5 Å². The van der Waals surface area contributed by atoms with Crippen molar-refractivity contribution in [3.63, 3.8) is 0 Å². The van der Waals surface area contributed by atoms with Gasteiger partial charge in [-0.05, 0) is 37.3 Å². The highest BCUT2D eigenvalue weighted by Crippen LogP contribution is 2.23. The summed E-state index contributed by atoms with van der Waals surface area (Å²) in [7, 11) is 0. The topological polar surface area (TPSA) is 53.8 Å². The summed E-state index contributed by atoms with van der Waals surface area (Å²) in [5.41, 5.74) is 0.419. The number of carbonyl (C=O) groups excluding carboxylic acids is 2. The molecule has 0 bridgehead atoms. The van der Waals surface area contributed by atoms with Gasteiger partial charge in [0.05, 0.1) is 10.6 Å². The number of carbonyl (C=O) groups is 2. The number of halogens is 2. The molecule has 1 aliphatic rings. The van der Waals surface area contributed by atoms with Crippen molar-refractivity contribution in [2.75, 3.05) is 26.2 Å². The van der Waals surface area contributed by atoms with Gasteiger partial charge in [-0.25, -0.2) is 0 Å². The summed E-state index contributed by atoms with van der Waals surface area (Å²) in [6.45, 7) is 3.60. The van der Waals surface area contributed by atoms with Gasteiger partial charge in [-0.3, -0.25) is 9.59 Å². The summed E-state index contributed by atoms with van der Waals surface area (Å²) in [4.78, 5) is 28.3. The van der Waals surface area contributed by atoms with Crippen LogP contribution in [0, 0.1) is 6.92 Å². The third kappa shape index (κ3) is 3.42. The molecule has 0 aliphatic carbocycles. The summed E-state index contributed by atoms with van der Waals surface area (Å²) in [5.74, 6) is 0.717. The van der Waals surface area contributed by atoms with Crippen LogP contribution < -0.4 is 0 Å². The summed E-state index contributed by atoms with van der Waals surface area (Å²) in [5, 5.41) is 0.817. The molecule has 0 radical (unpaired) electrons. The molecule has 1 fully saturated rings. The molecule has 0 unspecified atom stereocenters. The van der Waals surface area contributed by atoms with E-state index in [9.17, 15) is 9.59 Å². The molecule has 126 valence electrons. The molecule has 2 aromatic rings. The van der Waals surface area contributed by atoms with Crippen molar-refractivity contribution in [3.8, 4) is 0 Å². The number of aryl methyl sites for hydroxylation is 1. The Morgan fingerprint density at radius 1 is 0.958 bits per heavy atom. The van der Waals surface area contributed by atoms with Crippen molar-refractivity contribution in [1.29, 1.82) is 0 Å². The maximum absolute atomic E-state index is 12.6. The van der Waals surface area contributed by atoms with Gasteiger partial charge >= 0.3 is 0 Å². The van der Waals surface area contributed by atoms with Gasteiger partial charge in [0, 0.05) is 31.2 Å². The molecule has 0 N–H and O–H groups in total. The van der Waals surface area contributed by atoms with Gasteiger partial charge in [-0.1, -0.05) is 23.2 Å².